The van der Waals surface area contributed by atoms with Gasteiger partial charge in [-0.1, -0.05) is 17.7 Å². The Kier molecular flexibility index (Phi) is 5.71. The molecule has 0 atom stereocenters. The first-order valence-corrected chi connectivity index (χ1v) is 5.56. The van der Waals surface area contributed by atoms with Gasteiger partial charge in [0.2, 0.25) is 0 Å². The number of hydrogen-bond acceptors (Lipinski definition) is 3. The van der Waals surface area contributed by atoms with Crippen molar-refractivity contribution in [2.45, 2.75) is 12.6 Å². The Bertz CT molecular complexity index is 385. The second kappa shape index (κ2) is 6.82. The van der Waals surface area contributed by atoms with Crippen LogP contribution in [0.5, 0.6) is 5.75 Å². The SMILES string of the molecule is NCCc1ccc(OCOCC(F)(F)F)c(Cl)c1. The monoisotopic (exact) mass is 283 g/mol. The molecule has 0 fully saturated rings. The number of benzene rings is 1. The Morgan fingerprint density at radius 1 is 1.28 bits per heavy atom. The molecule has 0 radical (unpaired) electrons. The van der Waals surface area contributed by atoms with Crippen molar-refractivity contribution in [2.75, 3.05) is 19.9 Å². The van der Waals surface area contributed by atoms with Gasteiger partial charge in [-0.15, -0.1) is 0 Å². The van der Waals surface area contributed by atoms with Crippen molar-refractivity contribution in [1.82, 2.24) is 0 Å². The lowest BCUT2D eigenvalue weighted by molar-refractivity contribution is -0.186. The van der Waals surface area contributed by atoms with Crippen molar-refractivity contribution >= 4 is 11.6 Å². The van der Waals surface area contributed by atoms with Crippen molar-refractivity contribution in [3.8, 4) is 5.75 Å². The van der Waals surface area contributed by atoms with Gasteiger partial charge in [-0.25, -0.2) is 0 Å². The Balaban J connectivity index is 2.43. The van der Waals surface area contributed by atoms with Crippen molar-refractivity contribution in [3.05, 3.63) is 28.8 Å². The van der Waals surface area contributed by atoms with Crippen molar-refractivity contribution in [1.29, 1.82) is 0 Å². The van der Waals surface area contributed by atoms with Crippen LogP contribution in [0.3, 0.4) is 0 Å². The highest BCUT2D eigenvalue weighted by Crippen LogP contribution is 2.25. The molecule has 0 aliphatic carbocycles. The molecule has 2 N–H and O–H groups in total. The molecular weight excluding hydrogens is 271 g/mol. The number of nitrogens with two attached hydrogens (primary N) is 1. The molecule has 0 aliphatic heterocycles. The molecule has 7 heteroatoms. The van der Waals surface area contributed by atoms with Crippen LogP contribution in [0.25, 0.3) is 0 Å². The van der Waals surface area contributed by atoms with Crippen molar-refractivity contribution in [2.24, 2.45) is 5.73 Å². The third-order valence-corrected chi connectivity index (χ3v) is 2.29. The molecule has 102 valence electrons. The number of halogens is 4. The standard InChI is InChI=1S/C11H13ClF3NO2/c12-9-5-8(3-4-16)1-2-10(9)18-7-17-6-11(13,14)15/h1-2,5H,3-4,6-7,16H2. The van der Waals surface area contributed by atoms with E-state index in [1.165, 1.54) is 0 Å². The van der Waals surface area contributed by atoms with E-state index in [9.17, 15) is 13.2 Å². The van der Waals surface area contributed by atoms with Gasteiger partial charge >= 0.3 is 6.18 Å². The fraction of sp³-hybridized carbons (Fsp3) is 0.455. The molecule has 3 nitrogen and oxygen atoms in total. The largest absolute Gasteiger partial charge is 0.466 e. The predicted octanol–water partition coefficient (Wildman–Crippen LogP) is 2.76. The Labute approximate surface area is 108 Å². The van der Waals surface area contributed by atoms with Crippen LogP contribution in [-0.2, 0) is 11.2 Å². The van der Waals surface area contributed by atoms with Crippen LogP contribution in [0.2, 0.25) is 5.02 Å². The maximum atomic E-state index is 11.8. The highest BCUT2D eigenvalue weighted by atomic mass is 35.5. The first-order valence-electron chi connectivity index (χ1n) is 5.18. The lowest BCUT2D eigenvalue weighted by Gasteiger charge is -2.11. The summed E-state index contributed by atoms with van der Waals surface area (Å²) in [6.07, 6.45) is -3.69. The molecule has 0 saturated carbocycles. The maximum Gasteiger partial charge on any atom is 0.411 e. The van der Waals surface area contributed by atoms with Crippen LogP contribution in [0, 0.1) is 0 Å². The first-order chi connectivity index (χ1) is 8.42. The number of rotatable bonds is 6. The summed E-state index contributed by atoms with van der Waals surface area (Å²) >= 11 is 5.89. The zero-order chi connectivity index (χ0) is 13.6. The Morgan fingerprint density at radius 3 is 2.56 bits per heavy atom. The summed E-state index contributed by atoms with van der Waals surface area (Å²) in [5.74, 6) is 0.277. The fourth-order valence-electron chi connectivity index (χ4n) is 1.25. The van der Waals surface area contributed by atoms with Gasteiger partial charge in [0.1, 0.15) is 12.4 Å². The molecule has 0 spiro atoms. The summed E-state index contributed by atoms with van der Waals surface area (Å²) < 4.78 is 44.6. The van der Waals surface area contributed by atoms with E-state index in [2.05, 4.69) is 4.74 Å². The van der Waals surface area contributed by atoms with E-state index < -0.39 is 19.6 Å². The summed E-state index contributed by atoms with van der Waals surface area (Å²) in [5, 5.41) is 0.316. The van der Waals surface area contributed by atoms with Gasteiger partial charge in [0.05, 0.1) is 5.02 Å². The maximum absolute atomic E-state index is 11.8. The molecule has 1 aromatic rings. The molecule has 18 heavy (non-hydrogen) atoms. The predicted molar refractivity (Wildman–Crippen MR) is 61.7 cm³/mol. The van der Waals surface area contributed by atoms with Crippen molar-refractivity contribution < 1.29 is 22.6 Å². The highest BCUT2D eigenvalue weighted by Gasteiger charge is 2.27. The van der Waals surface area contributed by atoms with Gasteiger partial charge in [-0.3, -0.25) is 0 Å². The van der Waals surface area contributed by atoms with Crippen LogP contribution >= 0.6 is 11.6 Å². The van der Waals surface area contributed by atoms with Gasteiger partial charge in [0.25, 0.3) is 0 Å². The highest BCUT2D eigenvalue weighted by molar-refractivity contribution is 6.32. The van der Waals surface area contributed by atoms with Crippen LogP contribution in [0.15, 0.2) is 18.2 Å². The molecule has 0 saturated heterocycles. The van der Waals surface area contributed by atoms with Gasteiger partial charge in [0.15, 0.2) is 6.79 Å². The number of alkyl halides is 3. The number of hydrogen-bond donors (Lipinski definition) is 1. The van der Waals surface area contributed by atoms with Gasteiger partial charge < -0.3 is 15.2 Å². The van der Waals surface area contributed by atoms with Crippen LogP contribution in [0.4, 0.5) is 13.2 Å². The smallest absolute Gasteiger partial charge is 0.411 e. The topological polar surface area (TPSA) is 44.5 Å². The average Bonchev–Trinajstić information content (AvgIpc) is 2.26. The summed E-state index contributed by atoms with van der Waals surface area (Å²) in [4.78, 5) is 0. The van der Waals surface area contributed by atoms with Gasteiger partial charge in [-0.05, 0) is 30.7 Å². The molecule has 0 unspecified atom stereocenters. The van der Waals surface area contributed by atoms with Crippen LogP contribution in [0.1, 0.15) is 5.56 Å². The molecule has 1 rings (SSSR count). The summed E-state index contributed by atoms with van der Waals surface area (Å²) in [5.41, 5.74) is 6.32. The second-order valence-electron chi connectivity index (χ2n) is 3.53. The molecule has 1 aromatic carbocycles. The van der Waals surface area contributed by atoms with Gasteiger partial charge in [-0.2, -0.15) is 13.2 Å². The summed E-state index contributed by atoms with van der Waals surface area (Å²) in [6, 6.07) is 4.98. The minimum absolute atomic E-state index is 0.277. The minimum Gasteiger partial charge on any atom is -0.466 e. The molecule has 0 heterocycles. The van der Waals surface area contributed by atoms with E-state index in [1.807, 2.05) is 0 Å². The van der Waals surface area contributed by atoms with Gasteiger partial charge in [0, 0.05) is 0 Å². The first kappa shape index (κ1) is 15.1. The van der Waals surface area contributed by atoms with E-state index in [1.54, 1.807) is 18.2 Å². The summed E-state index contributed by atoms with van der Waals surface area (Å²) in [6.45, 7) is -1.36. The molecule has 0 amide bonds. The molecule has 0 bridgehead atoms. The normalized spacial score (nSPS) is 11.6. The summed E-state index contributed by atoms with van der Waals surface area (Å²) in [7, 11) is 0. The van der Waals surface area contributed by atoms with E-state index >= 15 is 0 Å². The lowest BCUT2D eigenvalue weighted by atomic mass is 10.1. The van der Waals surface area contributed by atoms with Crippen molar-refractivity contribution in [3.63, 3.8) is 0 Å². The van der Waals surface area contributed by atoms with Crippen LogP contribution in [-0.4, -0.2) is 26.1 Å². The van der Waals surface area contributed by atoms with E-state index in [0.29, 0.717) is 18.0 Å². The zero-order valence-electron chi connectivity index (χ0n) is 9.47. The zero-order valence-corrected chi connectivity index (χ0v) is 10.2. The van der Waals surface area contributed by atoms with Crippen LogP contribution < -0.4 is 10.5 Å². The third kappa shape index (κ3) is 5.57. The lowest BCUT2D eigenvalue weighted by Crippen LogP contribution is -2.19. The third-order valence-electron chi connectivity index (χ3n) is 1.99. The van der Waals surface area contributed by atoms with E-state index in [-0.39, 0.29) is 5.75 Å². The quantitative estimate of drug-likeness (QED) is 0.645. The second-order valence-corrected chi connectivity index (χ2v) is 3.94. The fourth-order valence-corrected chi connectivity index (χ4v) is 1.50. The molecule has 0 aromatic heterocycles. The van der Waals surface area contributed by atoms with E-state index in [4.69, 9.17) is 22.1 Å². The van der Waals surface area contributed by atoms with E-state index in [0.717, 1.165) is 5.56 Å². The number of ether oxygens (including phenoxy) is 2. The Morgan fingerprint density at radius 2 is 2.00 bits per heavy atom. The Hall–Kier alpha value is -0.980. The minimum atomic E-state index is -4.36. The molecular formula is C11H13ClF3NO2. The average molecular weight is 284 g/mol. The molecule has 0 aliphatic rings.